The van der Waals surface area contributed by atoms with Gasteiger partial charge in [0, 0.05) is 13.6 Å². The smallest absolute Gasteiger partial charge is 0.316 e. The predicted octanol–water partition coefficient (Wildman–Crippen LogP) is -1.96. The third-order valence-electron chi connectivity index (χ3n) is 1.69. The Bertz CT molecular complexity index is 206. The molecule has 0 aromatic rings. The minimum absolute atomic E-state index is 0.122. The molecule has 0 aliphatic carbocycles. The molecule has 3 amide bonds. The molecule has 1 aliphatic heterocycles. The first-order valence-electron chi connectivity index (χ1n) is 3.64. The summed E-state index contributed by atoms with van der Waals surface area (Å²) in [5, 5.41) is 4.93. The molecule has 0 bridgehead atoms. The molecule has 0 aromatic heterocycles. The highest BCUT2D eigenvalue weighted by molar-refractivity contribution is 5.89. The Morgan fingerprint density at radius 3 is 2.92 bits per heavy atom. The predicted molar refractivity (Wildman–Crippen MR) is 42.1 cm³/mol. The zero-order chi connectivity index (χ0) is 9.14. The van der Waals surface area contributed by atoms with E-state index in [0.29, 0.717) is 0 Å². The van der Waals surface area contributed by atoms with E-state index in [-0.39, 0.29) is 25.2 Å². The Morgan fingerprint density at radius 1 is 1.67 bits per heavy atom. The van der Waals surface area contributed by atoms with Crippen LogP contribution in [0.2, 0.25) is 0 Å². The lowest BCUT2D eigenvalue weighted by molar-refractivity contribution is -0.131. The number of hydrogen-bond acceptors (Lipinski definition) is 3. The molecule has 1 fully saturated rings. The summed E-state index contributed by atoms with van der Waals surface area (Å²) in [6, 6.07) is -0.958. The quantitative estimate of drug-likeness (QED) is 0.429. The van der Waals surface area contributed by atoms with Crippen molar-refractivity contribution in [2.45, 2.75) is 6.04 Å². The van der Waals surface area contributed by atoms with Crippen molar-refractivity contribution in [1.82, 2.24) is 15.5 Å². The summed E-state index contributed by atoms with van der Waals surface area (Å²) in [6.07, 6.45) is 0. The second kappa shape index (κ2) is 3.40. The molecule has 1 saturated heterocycles. The van der Waals surface area contributed by atoms with Gasteiger partial charge in [-0.1, -0.05) is 0 Å². The average Bonchev–Trinajstić information content (AvgIpc) is 2.18. The van der Waals surface area contributed by atoms with Crippen LogP contribution in [0, 0.1) is 0 Å². The van der Waals surface area contributed by atoms with Crippen molar-refractivity contribution in [3.8, 4) is 0 Å². The zero-order valence-electron chi connectivity index (χ0n) is 6.83. The molecule has 1 aliphatic rings. The number of carbonyl (C=O) groups excluding carboxylic acids is 2. The summed E-state index contributed by atoms with van der Waals surface area (Å²) < 4.78 is 0. The second-order valence-corrected chi connectivity index (χ2v) is 2.63. The van der Waals surface area contributed by atoms with Gasteiger partial charge in [-0.05, 0) is 0 Å². The first-order valence-corrected chi connectivity index (χ1v) is 3.64. The lowest BCUT2D eigenvalue weighted by Crippen LogP contribution is -2.48. The Balaban J connectivity index is 2.71. The Hall–Kier alpha value is -1.30. The minimum Gasteiger partial charge on any atom is -0.328 e. The summed E-state index contributed by atoms with van der Waals surface area (Å²) in [7, 11) is 1.61. The molecule has 1 atom stereocenters. The molecular weight excluding hydrogens is 160 g/mol. The number of carbonyl (C=O) groups is 2. The van der Waals surface area contributed by atoms with Gasteiger partial charge < -0.3 is 21.3 Å². The Morgan fingerprint density at radius 2 is 2.33 bits per heavy atom. The molecule has 0 spiro atoms. The fourth-order valence-electron chi connectivity index (χ4n) is 0.965. The van der Waals surface area contributed by atoms with Crippen LogP contribution < -0.4 is 16.4 Å². The number of nitrogens with two attached hydrogens (primary N) is 1. The van der Waals surface area contributed by atoms with Crippen molar-refractivity contribution < 1.29 is 9.59 Å². The molecule has 0 aromatic carbocycles. The summed E-state index contributed by atoms with van der Waals surface area (Å²) in [5.74, 6) is -0.171. The molecular formula is C6H12N4O2. The highest BCUT2D eigenvalue weighted by atomic mass is 16.2. The van der Waals surface area contributed by atoms with E-state index in [1.807, 2.05) is 0 Å². The molecule has 4 N–H and O–H groups in total. The number of nitrogens with zero attached hydrogens (tertiary/aromatic N) is 1. The first-order chi connectivity index (χ1) is 5.65. The van der Waals surface area contributed by atoms with Crippen molar-refractivity contribution in [3.05, 3.63) is 0 Å². The van der Waals surface area contributed by atoms with E-state index in [1.165, 1.54) is 4.90 Å². The van der Waals surface area contributed by atoms with Gasteiger partial charge in [-0.3, -0.25) is 4.79 Å². The average molecular weight is 172 g/mol. The third kappa shape index (κ3) is 1.65. The number of urea groups is 1. The second-order valence-electron chi connectivity index (χ2n) is 2.63. The van der Waals surface area contributed by atoms with Gasteiger partial charge in [0.05, 0.1) is 6.67 Å². The molecule has 1 rings (SSSR count). The van der Waals surface area contributed by atoms with Crippen LogP contribution in [-0.4, -0.2) is 43.1 Å². The third-order valence-corrected chi connectivity index (χ3v) is 1.69. The van der Waals surface area contributed by atoms with Crippen LogP contribution in [0.1, 0.15) is 0 Å². The lowest BCUT2D eigenvalue weighted by Gasteiger charge is -2.16. The van der Waals surface area contributed by atoms with Gasteiger partial charge in [0.15, 0.2) is 0 Å². The summed E-state index contributed by atoms with van der Waals surface area (Å²) >= 11 is 0. The van der Waals surface area contributed by atoms with Crippen molar-refractivity contribution in [1.29, 1.82) is 0 Å². The van der Waals surface area contributed by atoms with Crippen LogP contribution in [0.4, 0.5) is 4.79 Å². The minimum atomic E-state index is -0.600. The van der Waals surface area contributed by atoms with Gasteiger partial charge in [-0.25, -0.2) is 4.79 Å². The van der Waals surface area contributed by atoms with Gasteiger partial charge in [-0.15, -0.1) is 0 Å². The molecule has 6 heteroatoms. The standard InChI is InChI=1S/C6H12N4O2/c1-10-3-8-6(12)9-4(2-7)5(10)11/h4H,2-3,7H2,1H3,(H2,8,9,12). The van der Waals surface area contributed by atoms with Crippen molar-refractivity contribution in [2.24, 2.45) is 5.73 Å². The number of hydrogen-bond donors (Lipinski definition) is 3. The van der Waals surface area contributed by atoms with E-state index < -0.39 is 6.04 Å². The number of rotatable bonds is 1. The van der Waals surface area contributed by atoms with Gasteiger partial charge in [0.2, 0.25) is 5.91 Å². The molecule has 1 heterocycles. The van der Waals surface area contributed by atoms with Gasteiger partial charge in [0.1, 0.15) is 6.04 Å². The van der Waals surface area contributed by atoms with Crippen LogP contribution in [-0.2, 0) is 4.79 Å². The van der Waals surface area contributed by atoms with Gasteiger partial charge in [0.25, 0.3) is 0 Å². The van der Waals surface area contributed by atoms with Crippen LogP contribution >= 0.6 is 0 Å². The van der Waals surface area contributed by atoms with Crippen LogP contribution in [0.15, 0.2) is 0 Å². The fourth-order valence-corrected chi connectivity index (χ4v) is 0.965. The van der Waals surface area contributed by atoms with E-state index in [2.05, 4.69) is 10.6 Å². The first kappa shape index (κ1) is 8.79. The Kier molecular flexibility index (Phi) is 2.49. The molecule has 0 saturated carbocycles. The zero-order valence-corrected chi connectivity index (χ0v) is 6.83. The largest absolute Gasteiger partial charge is 0.328 e. The molecule has 1 unspecified atom stereocenters. The SMILES string of the molecule is CN1CNC(=O)NC(CN)C1=O. The summed E-state index contributed by atoms with van der Waals surface area (Å²) in [5.41, 5.74) is 5.30. The maximum Gasteiger partial charge on any atom is 0.316 e. The van der Waals surface area contributed by atoms with Gasteiger partial charge in [-0.2, -0.15) is 0 Å². The van der Waals surface area contributed by atoms with E-state index in [1.54, 1.807) is 7.05 Å². The van der Waals surface area contributed by atoms with Crippen molar-refractivity contribution in [3.63, 3.8) is 0 Å². The highest BCUT2D eigenvalue weighted by Gasteiger charge is 2.25. The van der Waals surface area contributed by atoms with Crippen molar-refractivity contribution >= 4 is 11.9 Å². The lowest BCUT2D eigenvalue weighted by atomic mass is 10.3. The van der Waals surface area contributed by atoms with Crippen LogP contribution in [0.25, 0.3) is 0 Å². The molecule has 68 valence electrons. The van der Waals surface area contributed by atoms with E-state index in [0.717, 1.165) is 0 Å². The maximum atomic E-state index is 11.3. The highest BCUT2D eigenvalue weighted by Crippen LogP contribution is 1.93. The van der Waals surface area contributed by atoms with Crippen LogP contribution in [0.3, 0.4) is 0 Å². The number of nitrogens with one attached hydrogen (secondary N) is 2. The molecule has 12 heavy (non-hydrogen) atoms. The van der Waals surface area contributed by atoms with E-state index in [4.69, 9.17) is 5.73 Å². The van der Waals surface area contributed by atoms with E-state index in [9.17, 15) is 9.59 Å². The Labute approximate surface area is 70.1 Å². The summed E-state index contributed by atoms with van der Waals surface area (Å²) in [6.45, 7) is 0.345. The van der Waals surface area contributed by atoms with E-state index >= 15 is 0 Å². The van der Waals surface area contributed by atoms with Gasteiger partial charge >= 0.3 is 6.03 Å². The monoisotopic (exact) mass is 172 g/mol. The number of amides is 3. The van der Waals surface area contributed by atoms with Crippen molar-refractivity contribution in [2.75, 3.05) is 20.3 Å². The fraction of sp³-hybridized carbons (Fsp3) is 0.667. The number of likely N-dealkylation sites (N-methyl/N-ethyl adjacent to an activating group) is 1. The summed E-state index contributed by atoms with van der Waals surface area (Å²) in [4.78, 5) is 23.6. The topological polar surface area (TPSA) is 87.5 Å². The maximum absolute atomic E-state index is 11.3. The molecule has 0 radical (unpaired) electrons. The van der Waals surface area contributed by atoms with Crippen LogP contribution in [0.5, 0.6) is 0 Å². The normalized spacial score (nSPS) is 24.5. The molecule has 6 nitrogen and oxygen atoms in total.